The largest absolute Gasteiger partial charge is 0.399 e. The average Bonchev–Trinajstić information content (AvgIpc) is 2.31. The number of hydrogen-bond donors (Lipinski definition) is 2. The normalized spacial score (nSPS) is 33.5. The van der Waals surface area contributed by atoms with Crippen LogP contribution < -0.4 is 5.73 Å². The summed E-state index contributed by atoms with van der Waals surface area (Å²) in [7, 11) is 0. The Kier molecular flexibility index (Phi) is 6.55. The smallest absolute Gasteiger partial charge is 0.161 e. The van der Waals surface area contributed by atoms with Gasteiger partial charge in [-0.25, -0.2) is 0 Å². The molecule has 0 unspecified atom stereocenters. The highest BCUT2D eigenvalue weighted by molar-refractivity contribution is 5.09. The Morgan fingerprint density at radius 3 is 2.89 bits per heavy atom. The van der Waals surface area contributed by atoms with Gasteiger partial charge in [-0.3, -0.25) is 0 Å². The van der Waals surface area contributed by atoms with Gasteiger partial charge in [-0.05, 0) is 39.2 Å². The van der Waals surface area contributed by atoms with Gasteiger partial charge in [-0.1, -0.05) is 19.6 Å². The van der Waals surface area contributed by atoms with Crippen molar-refractivity contribution in [2.24, 2.45) is 11.7 Å². The lowest BCUT2D eigenvalue weighted by molar-refractivity contribution is -0.255. The molecule has 1 saturated heterocycles. The highest BCUT2D eigenvalue weighted by Crippen LogP contribution is 2.27. The second kappa shape index (κ2) is 7.68. The molecule has 0 radical (unpaired) electrons. The van der Waals surface area contributed by atoms with Crippen LogP contribution in [0.3, 0.4) is 0 Å². The fourth-order valence-electron chi connectivity index (χ4n) is 2.15. The Bertz CT molecular complexity index is 317. The number of aliphatic hydroxyl groups excluding tert-OH is 1. The first kappa shape index (κ1) is 16.2. The number of aliphatic hydroxyl groups is 1. The van der Waals surface area contributed by atoms with E-state index >= 15 is 0 Å². The maximum absolute atomic E-state index is 9.72. The van der Waals surface area contributed by atoms with Crippen LogP contribution in [0.5, 0.6) is 0 Å². The molecule has 0 aromatic rings. The van der Waals surface area contributed by atoms with Gasteiger partial charge in [0.25, 0.3) is 0 Å². The Balaban J connectivity index is 2.31. The second-order valence-corrected chi connectivity index (χ2v) is 5.49. The molecular weight excluding hydrogens is 242 g/mol. The second-order valence-electron chi connectivity index (χ2n) is 5.49. The summed E-state index contributed by atoms with van der Waals surface area (Å²) < 4.78 is 11.6. The van der Waals surface area contributed by atoms with E-state index in [2.05, 4.69) is 6.58 Å². The van der Waals surface area contributed by atoms with Crippen molar-refractivity contribution in [3.8, 4) is 0 Å². The van der Waals surface area contributed by atoms with Crippen LogP contribution in [-0.2, 0) is 9.47 Å². The van der Waals surface area contributed by atoms with Crippen LogP contribution in [0.25, 0.3) is 0 Å². The zero-order valence-corrected chi connectivity index (χ0v) is 12.2. The highest BCUT2D eigenvalue weighted by atomic mass is 16.7. The lowest BCUT2D eigenvalue weighted by Crippen LogP contribution is -2.44. The number of nitrogens with two attached hydrogens (primary N) is 1. The van der Waals surface area contributed by atoms with Crippen molar-refractivity contribution in [2.75, 3.05) is 0 Å². The Morgan fingerprint density at radius 1 is 1.58 bits per heavy atom. The fraction of sp³-hybridized carbons (Fsp3) is 0.733. The molecule has 0 saturated carbocycles. The van der Waals surface area contributed by atoms with Gasteiger partial charge in [-0.2, -0.15) is 0 Å². The summed E-state index contributed by atoms with van der Waals surface area (Å²) in [6, 6.07) is 0. The molecule has 4 heteroatoms. The summed E-state index contributed by atoms with van der Waals surface area (Å²) in [5, 5.41) is 9.72. The van der Waals surface area contributed by atoms with E-state index in [1.165, 1.54) is 0 Å². The molecule has 0 aromatic heterocycles. The van der Waals surface area contributed by atoms with Crippen LogP contribution in [0, 0.1) is 5.92 Å². The third kappa shape index (κ3) is 5.76. The first-order valence-electron chi connectivity index (χ1n) is 7.00. The molecule has 5 atom stereocenters. The number of ether oxygens (including phenoxy) is 2. The van der Waals surface area contributed by atoms with Crippen LogP contribution in [0.15, 0.2) is 24.4 Å². The minimum Gasteiger partial charge on any atom is -0.399 e. The summed E-state index contributed by atoms with van der Waals surface area (Å²) >= 11 is 0. The predicted molar refractivity (Wildman–Crippen MR) is 76.4 cm³/mol. The fourth-order valence-corrected chi connectivity index (χ4v) is 2.15. The molecule has 1 aliphatic heterocycles. The van der Waals surface area contributed by atoms with Crippen molar-refractivity contribution in [1.29, 1.82) is 0 Å². The van der Waals surface area contributed by atoms with Gasteiger partial charge in [0.05, 0.1) is 18.3 Å². The molecule has 0 aliphatic carbocycles. The van der Waals surface area contributed by atoms with Gasteiger partial charge >= 0.3 is 0 Å². The van der Waals surface area contributed by atoms with Crippen molar-refractivity contribution >= 4 is 0 Å². The maximum Gasteiger partial charge on any atom is 0.161 e. The first-order valence-corrected chi connectivity index (χ1v) is 7.00. The Labute approximate surface area is 116 Å². The summed E-state index contributed by atoms with van der Waals surface area (Å²) in [5.74, 6) is 0.216. The lowest BCUT2D eigenvalue weighted by Gasteiger charge is -2.37. The molecule has 1 fully saturated rings. The van der Waals surface area contributed by atoms with E-state index in [0.29, 0.717) is 5.70 Å². The first-order chi connectivity index (χ1) is 8.90. The molecule has 3 N–H and O–H groups in total. The zero-order valence-electron chi connectivity index (χ0n) is 12.2. The number of rotatable bonds is 6. The van der Waals surface area contributed by atoms with Gasteiger partial charge in [0, 0.05) is 11.6 Å². The van der Waals surface area contributed by atoms with E-state index in [0.717, 1.165) is 19.3 Å². The zero-order chi connectivity index (χ0) is 14.4. The van der Waals surface area contributed by atoms with Crippen molar-refractivity contribution in [3.63, 3.8) is 0 Å². The molecule has 0 aromatic carbocycles. The molecule has 4 nitrogen and oxygen atoms in total. The van der Waals surface area contributed by atoms with E-state index in [1.807, 2.05) is 32.9 Å². The monoisotopic (exact) mass is 269 g/mol. The average molecular weight is 269 g/mol. The van der Waals surface area contributed by atoms with E-state index in [4.69, 9.17) is 15.2 Å². The third-order valence-electron chi connectivity index (χ3n) is 3.41. The SMILES string of the molecule is C=C(N)/C=C/CC[C@@H](C)O[C@@H]1O[C@@H](C)[C@H](O)C[C@H]1C. The summed E-state index contributed by atoms with van der Waals surface area (Å²) in [6.45, 7) is 9.57. The van der Waals surface area contributed by atoms with Crippen molar-refractivity contribution in [1.82, 2.24) is 0 Å². The van der Waals surface area contributed by atoms with E-state index < -0.39 is 0 Å². The summed E-state index contributed by atoms with van der Waals surface area (Å²) in [4.78, 5) is 0. The molecule has 19 heavy (non-hydrogen) atoms. The quantitative estimate of drug-likeness (QED) is 0.726. The van der Waals surface area contributed by atoms with Crippen molar-refractivity contribution in [3.05, 3.63) is 24.4 Å². The van der Waals surface area contributed by atoms with Crippen LogP contribution in [0.1, 0.15) is 40.0 Å². The molecule has 1 rings (SSSR count). The summed E-state index contributed by atoms with van der Waals surface area (Å²) in [6.07, 6.45) is 5.70. The van der Waals surface area contributed by atoms with Crippen LogP contribution >= 0.6 is 0 Å². The minimum atomic E-state index is -0.386. The predicted octanol–water partition coefficient (Wildman–Crippen LogP) is 2.33. The number of hydrogen-bond acceptors (Lipinski definition) is 4. The van der Waals surface area contributed by atoms with Crippen molar-refractivity contribution < 1.29 is 14.6 Å². The molecule has 0 amide bonds. The summed E-state index contributed by atoms with van der Waals surface area (Å²) in [5.41, 5.74) is 6.02. The topological polar surface area (TPSA) is 64.7 Å². The minimum absolute atomic E-state index is 0.116. The Morgan fingerprint density at radius 2 is 2.26 bits per heavy atom. The molecule has 0 spiro atoms. The van der Waals surface area contributed by atoms with Gasteiger partial charge in [0.2, 0.25) is 0 Å². The van der Waals surface area contributed by atoms with Crippen LogP contribution in [-0.4, -0.2) is 29.7 Å². The highest BCUT2D eigenvalue weighted by Gasteiger charge is 2.33. The van der Waals surface area contributed by atoms with Crippen molar-refractivity contribution in [2.45, 2.75) is 64.6 Å². The molecular formula is C15H27NO3. The van der Waals surface area contributed by atoms with Gasteiger partial charge < -0.3 is 20.3 Å². The van der Waals surface area contributed by atoms with Gasteiger partial charge in [0.15, 0.2) is 6.29 Å². The lowest BCUT2D eigenvalue weighted by atomic mass is 9.96. The molecule has 1 heterocycles. The van der Waals surface area contributed by atoms with E-state index in [-0.39, 0.29) is 30.5 Å². The van der Waals surface area contributed by atoms with E-state index in [1.54, 1.807) is 0 Å². The molecule has 110 valence electrons. The maximum atomic E-state index is 9.72. The van der Waals surface area contributed by atoms with Crippen LogP contribution in [0.4, 0.5) is 0 Å². The third-order valence-corrected chi connectivity index (χ3v) is 3.41. The van der Waals surface area contributed by atoms with E-state index in [9.17, 15) is 5.11 Å². The standard InChI is InChI=1S/C15H27NO3/c1-10-9-14(17)13(4)19-15(10)18-12(3)8-6-5-7-11(2)16/h5,7,10,12-15,17H,2,6,8-9,16H2,1,3-4H3/b7-5+/t10-,12-,13+,14-,15-/m1/s1. The van der Waals surface area contributed by atoms with Crippen LogP contribution in [0.2, 0.25) is 0 Å². The Hall–Kier alpha value is -0.840. The van der Waals surface area contributed by atoms with Gasteiger partial charge in [-0.15, -0.1) is 0 Å². The number of allylic oxidation sites excluding steroid dienone is 2. The molecule has 1 aliphatic rings. The van der Waals surface area contributed by atoms with Gasteiger partial charge in [0.1, 0.15) is 0 Å². The molecule has 0 bridgehead atoms.